The number of nitrogens with one attached hydrogen (secondary N) is 1. The first kappa shape index (κ1) is 17.5. The molecule has 0 aromatic heterocycles. The van der Waals surface area contributed by atoms with E-state index in [0.717, 1.165) is 25.3 Å². The fraction of sp³-hybridized carbons (Fsp3) is 0.412. The smallest absolute Gasteiger partial charge is 0.338 e. The molecule has 1 aliphatic carbocycles. The number of hydrogen-bond acceptors (Lipinski definition) is 3. The van der Waals surface area contributed by atoms with Crippen LogP contribution in [0, 0.1) is 5.82 Å². The molecule has 4 nitrogen and oxygen atoms in total. The van der Waals surface area contributed by atoms with Crippen LogP contribution in [0.1, 0.15) is 42.5 Å². The molecule has 0 fully saturated rings. The fourth-order valence-electron chi connectivity index (χ4n) is 2.38. The van der Waals surface area contributed by atoms with Crippen LogP contribution in [0.2, 0.25) is 5.02 Å². The highest BCUT2D eigenvalue weighted by molar-refractivity contribution is 6.31. The minimum absolute atomic E-state index is 0.108. The van der Waals surface area contributed by atoms with Gasteiger partial charge in [-0.05, 0) is 50.3 Å². The number of allylic oxidation sites excluding steroid dienone is 1. The molecule has 1 aliphatic rings. The summed E-state index contributed by atoms with van der Waals surface area (Å²) in [5, 5.41) is 2.55. The van der Waals surface area contributed by atoms with E-state index in [1.54, 1.807) is 0 Å². The molecule has 1 amide bonds. The minimum Gasteiger partial charge on any atom is -0.452 e. The van der Waals surface area contributed by atoms with E-state index in [1.807, 2.05) is 0 Å². The van der Waals surface area contributed by atoms with Gasteiger partial charge >= 0.3 is 5.97 Å². The molecule has 1 aromatic rings. The lowest BCUT2D eigenvalue weighted by Gasteiger charge is -2.13. The molecule has 0 atom stereocenters. The van der Waals surface area contributed by atoms with Crippen LogP contribution in [-0.2, 0) is 9.53 Å². The number of esters is 1. The highest BCUT2D eigenvalue weighted by Gasteiger charge is 2.12. The van der Waals surface area contributed by atoms with Crippen molar-refractivity contribution in [2.45, 2.75) is 32.1 Å². The van der Waals surface area contributed by atoms with E-state index in [2.05, 4.69) is 11.4 Å². The Morgan fingerprint density at radius 2 is 2.13 bits per heavy atom. The second-order valence-corrected chi connectivity index (χ2v) is 5.82. The molecule has 0 heterocycles. The molecule has 1 aromatic carbocycles. The maximum Gasteiger partial charge on any atom is 0.338 e. The van der Waals surface area contributed by atoms with Gasteiger partial charge < -0.3 is 10.1 Å². The zero-order valence-electron chi connectivity index (χ0n) is 12.7. The summed E-state index contributed by atoms with van der Waals surface area (Å²) in [4.78, 5) is 23.4. The number of amides is 1. The van der Waals surface area contributed by atoms with Gasteiger partial charge in [-0.25, -0.2) is 9.18 Å². The van der Waals surface area contributed by atoms with Crippen molar-refractivity contribution in [3.8, 4) is 0 Å². The summed E-state index contributed by atoms with van der Waals surface area (Å²) >= 11 is 5.60. The third-order valence-electron chi connectivity index (χ3n) is 3.64. The summed E-state index contributed by atoms with van der Waals surface area (Å²) in [5.74, 6) is -1.68. The Labute approximate surface area is 139 Å². The van der Waals surface area contributed by atoms with Gasteiger partial charge in [-0.1, -0.05) is 23.3 Å². The first-order valence-electron chi connectivity index (χ1n) is 7.63. The molecule has 0 spiro atoms. The van der Waals surface area contributed by atoms with E-state index < -0.39 is 11.8 Å². The topological polar surface area (TPSA) is 55.4 Å². The number of hydrogen-bond donors (Lipinski definition) is 1. The van der Waals surface area contributed by atoms with Crippen LogP contribution in [-0.4, -0.2) is 25.0 Å². The van der Waals surface area contributed by atoms with Crippen molar-refractivity contribution in [1.82, 2.24) is 5.32 Å². The SMILES string of the molecule is O=C(COC(=O)c1ccc(F)c(Cl)c1)NCCC1=CCCCC1. The third kappa shape index (κ3) is 5.67. The van der Waals surface area contributed by atoms with E-state index in [9.17, 15) is 14.0 Å². The predicted octanol–water partition coefficient (Wildman–Crippen LogP) is 3.64. The molecule has 0 saturated heterocycles. The van der Waals surface area contributed by atoms with Gasteiger partial charge in [-0.3, -0.25) is 4.79 Å². The van der Waals surface area contributed by atoms with Crippen LogP contribution < -0.4 is 5.32 Å². The van der Waals surface area contributed by atoms with Crippen LogP contribution in [0.3, 0.4) is 0 Å². The van der Waals surface area contributed by atoms with Crippen molar-refractivity contribution < 1.29 is 18.7 Å². The highest BCUT2D eigenvalue weighted by atomic mass is 35.5. The molecule has 1 N–H and O–H groups in total. The average Bonchev–Trinajstić information content (AvgIpc) is 2.56. The van der Waals surface area contributed by atoms with Crippen LogP contribution in [0.15, 0.2) is 29.8 Å². The number of benzene rings is 1. The van der Waals surface area contributed by atoms with E-state index in [1.165, 1.54) is 30.5 Å². The van der Waals surface area contributed by atoms with Crippen LogP contribution in [0.4, 0.5) is 4.39 Å². The molecule has 0 radical (unpaired) electrons. The number of carbonyl (C=O) groups excluding carboxylic acids is 2. The largest absolute Gasteiger partial charge is 0.452 e. The number of carbonyl (C=O) groups is 2. The zero-order valence-corrected chi connectivity index (χ0v) is 13.5. The number of rotatable bonds is 6. The molecule has 23 heavy (non-hydrogen) atoms. The Balaban J connectivity index is 1.70. The quantitative estimate of drug-likeness (QED) is 0.636. The molecule has 124 valence electrons. The second-order valence-electron chi connectivity index (χ2n) is 5.41. The Morgan fingerprint density at radius 1 is 1.30 bits per heavy atom. The summed E-state index contributed by atoms with van der Waals surface area (Å²) < 4.78 is 17.9. The van der Waals surface area contributed by atoms with Crippen molar-refractivity contribution in [3.63, 3.8) is 0 Å². The van der Waals surface area contributed by atoms with Gasteiger partial charge in [0.2, 0.25) is 0 Å². The van der Waals surface area contributed by atoms with Gasteiger partial charge in [0.25, 0.3) is 5.91 Å². The van der Waals surface area contributed by atoms with Crippen LogP contribution >= 0.6 is 11.6 Å². The van der Waals surface area contributed by atoms with Crippen molar-refractivity contribution in [3.05, 3.63) is 46.3 Å². The summed E-state index contributed by atoms with van der Waals surface area (Å²) in [6.45, 7) is 0.164. The second kappa shape index (κ2) is 8.67. The number of halogens is 2. The lowest BCUT2D eigenvalue weighted by molar-refractivity contribution is -0.124. The lowest BCUT2D eigenvalue weighted by atomic mass is 9.97. The molecule has 6 heteroatoms. The zero-order chi connectivity index (χ0) is 16.7. The summed E-state index contributed by atoms with van der Waals surface area (Å²) in [6, 6.07) is 3.51. The predicted molar refractivity (Wildman–Crippen MR) is 85.9 cm³/mol. The normalized spacial score (nSPS) is 14.1. The van der Waals surface area contributed by atoms with E-state index in [4.69, 9.17) is 16.3 Å². The monoisotopic (exact) mass is 339 g/mol. The molecular formula is C17H19ClFNO3. The molecule has 0 bridgehead atoms. The van der Waals surface area contributed by atoms with Crippen molar-refractivity contribution in [2.75, 3.05) is 13.2 Å². The minimum atomic E-state index is -0.711. The van der Waals surface area contributed by atoms with Gasteiger partial charge in [0, 0.05) is 6.54 Å². The Kier molecular flexibility index (Phi) is 6.59. The first-order chi connectivity index (χ1) is 11.1. The van der Waals surface area contributed by atoms with Crippen LogP contribution in [0.25, 0.3) is 0 Å². The molecule has 0 aliphatic heterocycles. The molecular weight excluding hydrogens is 321 g/mol. The van der Waals surface area contributed by atoms with Gasteiger partial charge in [-0.2, -0.15) is 0 Å². The average molecular weight is 340 g/mol. The van der Waals surface area contributed by atoms with Crippen molar-refractivity contribution >= 4 is 23.5 Å². The lowest BCUT2D eigenvalue weighted by Crippen LogP contribution is -2.29. The van der Waals surface area contributed by atoms with E-state index >= 15 is 0 Å². The maximum atomic E-state index is 13.0. The summed E-state index contributed by atoms with van der Waals surface area (Å²) in [7, 11) is 0. The van der Waals surface area contributed by atoms with E-state index in [-0.39, 0.29) is 23.1 Å². The van der Waals surface area contributed by atoms with Crippen molar-refractivity contribution in [1.29, 1.82) is 0 Å². The third-order valence-corrected chi connectivity index (χ3v) is 3.93. The summed E-state index contributed by atoms with van der Waals surface area (Å²) in [6.07, 6.45) is 7.70. The van der Waals surface area contributed by atoms with Crippen LogP contribution in [0.5, 0.6) is 0 Å². The molecule has 2 rings (SSSR count). The molecule has 0 saturated carbocycles. The number of ether oxygens (including phenoxy) is 1. The maximum absolute atomic E-state index is 13.0. The molecule has 0 unspecified atom stereocenters. The standard InChI is InChI=1S/C17H19ClFNO3/c18-14-10-13(6-7-15(14)19)17(22)23-11-16(21)20-9-8-12-4-2-1-3-5-12/h4,6-7,10H,1-3,5,8-9,11H2,(H,20,21). The highest BCUT2D eigenvalue weighted by Crippen LogP contribution is 2.19. The first-order valence-corrected chi connectivity index (χ1v) is 8.01. The Hall–Kier alpha value is -1.88. The summed E-state index contributed by atoms with van der Waals surface area (Å²) in [5.41, 5.74) is 1.48. The Morgan fingerprint density at radius 3 is 2.83 bits per heavy atom. The van der Waals surface area contributed by atoms with Gasteiger partial charge in [-0.15, -0.1) is 0 Å². The van der Waals surface area contributed by atoms with E-state index in [0.29, 0.717) is 6.54 Å². The fourth-order valence-corrected chi connectivity index (χ4v) is 2.56. The Bertz CT molecular complexity index is 616. The van der Waals surface area contributed by atoms with Gasteiger partial charge in [0.1, 0.15) is 5.82 Å². The van der Waals surface area contributed by atoms with Gasteiger partial charge in [0.15, 0.2) is 6.61 Å². The van der Waals surface area contributed by atoms with Crippen molar-refractivity contribution in [2.24, 2.45) is 0 Å². The van der Waals surface area contributed by atoms with Gasteiger partial charge in [0.05, 0.1) is 10.6 Å².